The molecule has 3 aromatic rings. The average molecular weight is 337 g/mol. The Morgan fingerprint density at radius 1 is 1.25 bits per heavy atom. The Labute approximate surface area is 143 Å². The highest BCUT2D eigenvalue weighted by Crippen LogP contribution is 2.40. The summed E-state index contributed by atoms with van der Waals surface area (Å²) >= 11 is 1.29. The first-order valence-electron chi connectivity index (χ1n) is 7.31. The van der Waals surface area contributed by atoms with Gasteiger partial charge in [0, 0.05) is 29.0 Å². The summed E-state index contributed by atoms with van der Waals surface area (Å²) in [4.78, 5) is 16.7. The van der Waals surface area contributed by atoms with Gasteiger partial charge in [-0.25, -0.2) is 4.98 Å². The number of carboxylic acids is 1. The number of hydrogen-bond donors (Lipinski definition) is 1. The molecule has 0 atom stereocenters. The van der Waals surface area contributed by atoms with Crippen molar-refractivity contribution in [3.63, 3.8) is 0 Å². The number of fused-ring (bicyclic) bond motifs is 1. The Bertz CT molecular complexity index is 953. The fraction of sp³-hybridized carbons (Fsp3) is 0.167. The minimum Gasteiger partial charge on any atom is -0.480 e. The molecule has 0 radical (unpaired) electrons. The number of hydrogen-bond acceptors (Lipinski definition) is 4. The summed E-state index contributed by atoms with van der Waals surface area (Å²) in [6.45, 7) is 3.36. The van der Waals surface area contributed by atoms with E-state index in [4.69, 9.17) is 5.26 Å². The third-order valence-electron chi connectivity index (χ3n) is 3.71. The van der Waals surface area contributed by atoms with E-state index in [-0.39, 0.29) is 0 Å². The van der Waals surface area contributed by atoms with Crippen molar-refractivity contribution >= 4 is 23.4 Å². The second-order valence-corrected chi connectivity index (χ2v) is 7.48. The molecule has 5 nitrogen and oxygen atoms in total. The maximum absolute atomic E-state index is 11.5. The van der Waals surface area contributed by atoms with Crippen molar-refractivity contribution in [1.29, 1.82) is 5.26 Å². The Kier molecular flexibility index (Phi) is 4.04. The van der Waals surface area contributed by atoms with Crippen LogP contribution in [0.15, 0.2) is 53.8 Å². The lowest BCUT2D eigenvalue weighted by atomic mass is 10.1. The smallest absolute Gasteiger partial charge is 0.319 e. The van der Waals surface area contributed by atoms with Gasteiger partial charge in [0.25, 0.3) is 0 Å². The Morgan fingerprint density at radius 2 is 1.96 bits per heavy atom. The predicted molar refractivity (Wildman–Crippen MR) is 92.9 cm³/mol. The molecule has 3 rings (SSSR count). The summed E-state index contributed by atoms with van der Waals surface area (Å²) in [5.74, 6) is -0.874. The molecule has 0 fully saturated rings. The summed E-state index contributed by atoms with van der Waals surface area (Å²) in [5.41, 5.74) is 3.10. The van der Waals surface area contributed by atoms with Crippen molar-refractivity contribution < 1.29 is 9.90 Å². The summed E-state index contributed by atoms with van der Waals surface area (Å²) in [5, 5.41) is 18.4. The van der Waals surface area contributed by atoms with Gasteiger partial charge in [-0.1, -0.05) is 12.1 Å². The number of aromatic nitrogens is 2. The third kappa shape index (κ3) is 2.86. The largest absolute Gasteiger partial charge is 0.480 e. The van der Waals surface area contributed by atoms with Gasteiger partial charge in [0.05, 0.1) is 11.6 Å². The zero-order valence-electron chi connectivity index (χ0n) is 13.2. The van der Waals surface area contributed by atoms with Crippen LogP contribution in [0.1, 0.15) is 19.4 Å². The number of carbonyl (C=O) groups is 1. The van der Waals surface area contributed by atoms with Crippen LogP contribution in [0.2, 0.25) is 0 Å². The van der Waals surface area contributed by atoms with E-state index in [2.05, 4.69) is 11.1 Å². The molecule has 0 saturated carbocycles. The molecule has 24 heavy (non-hydrogen) atoms. The van der Waals surface area contributed by atoms with E-state index in [0.717, 1.165) is 21.7 Å². The molecule has 0 saturated heterocycles. The number of benzene rings is 1. The Hall–Kier alpha value is -2.78. The second kappa shape index (κ2) is 6.02. The van der Waals surface area contributed by atoms with E-state index < -0.39 is 10.7 Å². The fourth-order valence-corrected chi connectivity index (χ4v) is 3.43. The average Bonchev–Trinajstić information content (AvgIpc) is 3.03. The van der Waals surface area contributed by atoms with E-state index >= 15 is 0 Å². The molecule has 0 aliphatic carbocycles. The molecule has 0 unspecified atom stereocenters. The molecule has 0 aliphatic rings. The maximum atomic E-state index is 11.5. The van der Waals surface area contributed by atoms with Crippen LogP contribution >= 0.6 is 11.8 Å². The molecule has 1 N–H and O–H groups in total. The quantitative estimate of drug-likeness (QED) is 0.732. The second-order valence-electron chi connectivity index (χ2n) is 5.82. The monoisotopic (exact) mass is 337 g/mol. The lowest BCUT2D eigenvalue weighted by Gasteiger charge is -2.21. The van der Waals surface area contributed by atoms with Crippen LogP contribution in [-0.2, 0) is 4.79 Å². The molecule has 1 aromatic carbocycles. The molecule has 2 heterocycles. The Balaban J connectivity index is 2.19. The lowest BCUT2D eigenvalue weighted by molar-refractivity contribution is -0.138. The van der Waals surface area contributed by atoms with Crippen LogP contribution in [0.25, 0.3) is 16.8 Å². The highest BCUT2D eigenvalue weighted by molar-refractivity contribution is 8.01. The number of nitriles is 1. The number of aliphatic carboxylic acids is 1. The van der Waals surface area contributed by atoms with Gasteiger partial charge in [0.1, 0.15) is 10.4 Å². The minimum absolute atomic E-state index is 0.578. The SMILES string of the molecule is CC(C)(Sc1ccn2ccnc2c1-c1ccc(C#N)cc1)C(=O)O. The van der Waals surface area contributed by atoms with Crippen molar-refractivity contribution in [2.75, 3.05) is 0 Å². The highest BCUT2D eigenvalue weighted by atomic mass is 32.2. The summed E-state index contributed by atoms with van der Waals surface area (Å²) in [6.07, 6.45) is 5.42. The van der Waals surface area contributed by atoms with E-state index in [9.17, 15) is 9.90 Å². The van der Waals surface area contributed by atoms with E-state index in [1.165, 1.54) is 11.8 Å². The van der Waals surface area contributed by atoms with Crippen LogP contribution in [0.5, 0.6) is 0 Å². The van der Waals surface area contributed by atoms with Crippen LogP contribution in [-0.4, -0.2) is 25.2 Å². The summed E-state index contributed by atoms with van der Waals surface area (Å²) in [7, 11) is 0. The van der Waals surface area contributed by atoms with Gasteiger partial charge >= 0.3 is 5.97 Å². The Morgan fingerprint density at radius 3 is 2.58 bits per heavy atom. The predicted octanol–water partition coefficient (Wildman–Crippen LogP) is 3.83. The van der Waals surface area contributed by atoms with Crippen molar-refractivity contribution in [3.8, 4) is 17.2 Å². The van der Waals surface area contributed by atoms with Crippen molar-refractivity contribution in [2.45, 2.75) is 23.5 Å². The van der Waals surface area contributed by atoms with E-state index in [1.807, 2.05) is 35.0 Å². The molecular weight excluding hydrogens is 322 g/mol. The van der Waals surface area contributed by atoms with Crippen LogP contribution in [0.4, 0.5) is 0 Å². The minimum atomic E-state index is -0.966. The van der Waals surface area contributed by atoms with Crippen LogP contribution < -0.4 is 0 Å². The van der Waals surface area contributed by atoms with Gasteiger partial charge in [-0.2, -0.15) is 5.26 Å². The summed E-state index contributed by atoms with van der Waals surface area (Å²) in [6, 6.07) is 11.2. The first kappa shape index (κ1) is 16.1. The van der Waals surface area contributed by atoms with Gasteiger partial charge < -0.3 is 9.51 Å². The van der Waals surface area contributed by atoms with Crippen molar-refractivity contribution in [2.24, 2.45) is 0 Å². The van der Waals surface area contributed by atoms with Gasteiger partial charge in [-0.3, -0.25) is 4.79 Å². The van der Waals surface area contributed by atoms with Gasteiger partial charge in [-0.15, -0.1) is 11.8 Å². The first-order chi connectivity index (χ1) is 11.4. The molecule has 0 spiro atoms. The standard InChI is InChI=1S/C18H15N3O2S/c1-18(2,17(22)23)24-14-7-9-21-10-8-20-16(21)15(14)13-5-3-12(11-19)4-6-13/h3-10H,1-2H3,(H,22,23). The van der Waals surface area contributed by atoms with Crippen LogP contribution in [0.3, 0.4) is 0 Å². The lowest BCUT2D eigenvalue weighted by Crippen LogP contribution is -2.27. The highest BCUT2D eigenvalue weighted by Gasteiger charge is 2.30. The number of pyridine rings is 1. The third-order valence-corrected chi connectivity index (χ3v) is 4.95. The maximum Gasteiger partial charge on any atom is 0.319 e. The van der Waals surface area contributed by atoms with Gasteiger partial charge in [0.15, 0.2) is 0 Å². The number of imidazole rings is 1. The first-order valence-corrected chi connectivity index (χ1v) is 8.12. The zero-order chi connectivity index (χ0) is 17.3. The molecule has 2 aromatic heterocycles. The number of nitrogens with zero attached hydrogens (tertiary/aromatic N) is 3. The van der Waals surface area contributed by atoms with Gasteiger partial charge in [-0.05, 0) is 37.6 Å². The number of carboxylic acid groups (broad SMARTS) is 1. The molecule has 0 amide bonds. The molecule has 6 heteroatoms. The fourth-order valence-electron chi connectivity index (χ4n) is 2.35. The number of thioether (sulfide) groups is 1. The molecule has 0 aliphatic heterocycles. The van der Waals surface area contributed by atoms with E-state index in [0.29, 0.717) is 5.56 Å². The topological polar surface area (TPSA) is 78.4 Å². The zero-order valence-corrected chi connectivity index (χ0v) is 14.0. The molecule has 120 valence electrons. The summed E-state index contributed by atoms with van der Waals surface area (Å²) < 4.78 is 0.928. The molecule has 0 bridgehead atoms. The van der Waals surface area contributed by atoms with Crippen molar-refractivity contribution in [1.82, 2.24) is 9.38 Å². The van der Waals surface area contributed by atoms with Gasteiger partial charge in [0.2, 0.25) is 0 Å². The normalized spacial score (nSPS) is 11.4. The van der Waals surface area contributed by atoms with Crippen LogP contribution in [0, 0.1) is 11.3 Å². The number of rotatable bonds is 4. The molecular formula is C18H15N3O2S. The van der Waals surface area contributed by atoms with E-state index in [1.54, 1.807) is 32.2 Å². The van der Waals surface area contributed by atoms with Crippen molar-refractivity contribution in [3.05, 3.63) is 54.5 Å².